The molecule has 0 saturated heterocycles. The molecule has 0 aliphatic carbocycles. The first-order valence-electron chi connectivity index (χ1n) is 10.6. The second kappa shape index (κ2) is 22.3. The molecular formula is C20H43O4P. The van der Waals surface area contributed by atoms with Crippen LogP contribution in [0, 0.1) is 0 Å². The zero-order valence-electron chi connectivity index (χ0n) is 16.6. The Morgan fingerprint density at radius 3 is 1.52 bits per heavy atom. The highest BCUT2D eigenvalue weighted by atomic mass is 31.2. The lowest BCUT2D eigenvalue weighted by atomic mass is 10.0. The van der Waals surface area contributed by atoms with Crippen molar-refractivity contribution in [3.63, 3.8) is 0 Å². The minimum Gasteiger partial charge on any atom is -0.387 e. The number of aliphatic hydroxyl groups is 1. The maximum atomic E-state index is 9.05. The van der Waals surface area contributed by atoms with Gasteiger partial charge in [-0.2, -0.15) is 0 Å². The van der Waals surface area contributed by atoms with Gasteiger partial charge in [-0.15, -0.1) is 0 Å². The van der Waals surface area contributed by atoms with E-state index in [1.807, 2.05) is 0 Å². The van der Waals surface area contributed by atoms with E-state index < -0.39 is 8.38 Å². The van der Waals surface area contributed by atoms with E-state index in [-0.39, 0.29) is 6.35 Å². The third kappa shape index (κ3) is 22.2. The maximum Gasteiger partial charge on any atom is 0.195 e. The molecule has 0 aromatic rings. The molecule has 1 unspecified atom stereocenters. The summed E-state index contributed by atoms with van der Waals surface area (Å²) in [6, 6.07) is 0. The smallest absolute Gasteiger partial charge is 0.195 e. The lowest BCUT2D eigenvalue weighted by molar-refractivity contribution is 0.115. The Kier molecular flexibility index (Phi) is 22.6. The Bertz CT molecular complexity index is 242. The van der Waals surface area contributed by atoms with Gasteiger partial charge in [0, 0.05) is 13.2 Å². The van der Waals surface area contributed by atoms with Crippen molar-refractivity contribution in [2.24, 2.45) is 0 Å². The first kappa shape index (κ1) is 25.3. The SMILES string of the molecule is CCCCCCCCCCCCCCCCOCCCOP(O)CO. The number of aliphatic hydroxyl groups excluding tert-OH is 1. The summed E-state index contributed by atoms with van der Waals surface area (Å²) in [7, 11) is -1.62. The summed E-state index contributed by atoms with van der Waals surface area (Å²) >= 11 is 0. The third-order valence-electron chi connectivity index (χ3n) is 4.44. The summed E-state index contributed by atoms with van der Waals surface area (Å²) in [6.07, 6.45) is 19.8. The van der Waals surface area contributed by atoms with Crippen LogP contribution in [0.3, 0.4) is 0 Å². The van der Waals surface area contributed by atoms with Crippen LogP contribution in [0.25, 0.3) is 0 Å². The Balaban J connectivity index is 2.98. The number of rotatable bonds is 21. The van der Waals surface area contributed by atoms with E-state index in [9.17, 15) is 0 Å². The second-order valence-corrected chi connectivity index (χ2v) is 8.13. The lowest BCUT2D eigenvalue weighted by Gasteiger charge is -2.08. The predicted octanol–water partition coefficient (Wildman–Crippen LogP) is 6.15. The van der Waals surface area contributed by atoms with E-state index in [2.05, 4.69) is 6.92 Å². The first-order chi connectivity index (χ1) is 12.3. The van der Waals surface area contributed by atoms with Gasteiger partial charge in [0.2, 0.25) is 0 Å². The van der Waals surface area contributed by atoms with Gasteiger partial charge in [-0.1, -0.05) is 90.4 Å². The van der Waals surface area contributed by atoms with Crippen LogP contribution in [0.1, 0.15) is 103 Å². The predicted molar refractivity (Wildman–Crippen MR) is 108 cm³/mol. The lowest BCUT2D eigenvalue weighted by Crippen LogP contribution is -2.01. The van der Waals surface area contributed by atoms with Crippen molar-refractivity contribution in [1.29, 1.82) is 0 Å². The fourth-order valence-electron chi connectivity index (χ4n) is 2.87. The third-order valence-corrected chi connectivity index (χ3v) is 5.16. The molecule has 0 spiro atoms. The number of hydrogen-bond acceptors (Lipinski definition) is 4. The quantitative estimate of drug-likeness (QED) is 0.186. The average Bonchev–Trinajstić information content (AvgIpc) is 2.63. The van der Waals surface area contributed by atoms with Crippen LogP contribution in [0.5, 0.6) is 0 Å². The number of hydrogen-bond donors (Lipinski definition) is 2. The van der Waals surface area contributed by atoms with Crippen molar-refractivity contribution in [1.82, 2.24) is 0 Å². The summed E-state index contributed by atoms with van der Waals surface area (Å²) < 4.78 is 10.5. The molecule has 0 rings (SSSR count). The molecule has 152 valence electrons. The first-order valence-corrected chi connectivity index (χ1v) is 12.0. The van der Waals surface area contributed by atoms with Crippen LogP contribution in [-0.4, -0.2) is 36.2 Å². The molecule has 0 aromatic carbocycles. The van der Waals surface area contributed by atoms with Crippen LogP contribution in [0.15, 0.2) is 0 Å². The monoisotopic (exact) mass is 378 g/mol. The Morgan fingerprint density at radius 2 is 1.04 bits per heavy atom. The van der Waals surface area contributed by atoms with Crippen LogP contribution in [-0.2, 0) is 9.26 Å². The molecule has 0 radical (unpaired) electrons. The Morgan fingerprint density at radius 1 is 0.600 bits per heavy atom. The minimum atomic E-state index is -1.62. The zero-order valence-corrected chi connectivity index (χ0v) is 17.5. The van der Waals surface area contributed by atoms with Crippen molar-refractivity contribution in [3.8, 4) is 0 Å². The fourth-order valence-corrected chi connectivity index (χ4v) is 3.29. The molecular weight excluding hydrogens is 335 g/mol. The van der Waals surface area contributed by atoms with Crippen LogP contribution in [0.2, 0.25) is 0 Å². The summed E-state index contributed by atoms with van der Waals surface area (Å²) in [6.45, 7) is 4.23. The van der Waals surface area contributed by atoms with Crippen molar-refractivity contribution in [2.75, 3.05) is 26.2 Å². The Labute approximate surface area is 157 Å². The van der Waals surface area contributed by atoms with Crippen molar-refractivity contribution >= 4 is 8.38 Å². The molecule has 0 aliphatic rings. The maximum absolute atomic E-state index is 9.05. The van der Waals surface area contributed by atoms with Gasteiger partial charge in [-0.25, -0.2) is 0 Å². The molecule has 0 fully saturated rings. The van der Waals surface area contributed by atoms with E-state index in [1.165, 1.54) is 83.5 Å². The van der Waals surface area contributed by atoms with E-state index in [0.717, 1.165) is 19.4 Å². The summed E-state index contributed by atoms with van der Waals surface area (Å²) in [5, 5.41) is 8.61. The standard InChI is InChI=1S/C20H43O4P/c1-2-3-4-5-6-7-8-9-10-11-12-13-14-15-17-23-18-16-19-24-25(22)20-21/h21-22H,2-20H2,1H3. The normalized spacial score (nSPS) is 12.6. The van der Waals surface area contributed by atoms with Crippen molar-refractivity contribution in [3.05, 3.63) is 0 Å². The van der Waals surface area contributed by atoms with Crippen LogP contribution < -0.4 is 0 Å². The molecule has 4 nitrogen and oxygen atoms in total. The van der Waals surface area contributed by atoms with E-state index in [4.69, 9.17) is 19.3 Å². The van der Waals surface area contributed by atoms with E-state index in [1.54, 1.807) is 0 Å². The molecule has 5 heteroatoms. The topological polar surface area (TPSA) is 58.9 Å². The van der Waals surface area contributed by atoms with Gasteiger partial charge < -0.3 is 19.3 Å². The van der Waals surface area contributed by atoms with E-state index in [0.29, 0.717) is 13.2 Å². The number of ether oxygens (including phenoxy) is 1. The second-order valence-electron chi connectivity index (χ2n) is 6.89. The summed E-state index contributed by atoms with van der Waals surface area (Å²) in [5.41, 5.74) is 0. The summed E-state index contributed by atoms with van der Waals surface area (Å²) in [5.74, 6) is 0. The van der Waals surface area contributed by atoms with Gasteiger partial charge in [-0.05, 0) is 12.8 Å². The summed E-state index contributed by atoms with van der Waals surface area (Å²) in [4.78, 5) is 9.05. The zero-order chi connectivity index (χ0) is 18.4. The fraction of sp³-hybridized carbons (Fsp3) is 1.00. The van der Waals surface area contributed by atoms with Crippen LogP contribution in [0.4, 0.5) is 0 Å². The largest absolute Gasteiger partial charge is 0.387 e. The van der Waals surface area contributed by atoms with Gasteiger partial charge in [0.25, 0.3) is 0 Å². The minimum absolute atomic E-state index is 0.283. The molecule has 0 aromatic heterocycles. The molecule has 0 saturated carbocycles. The van der Waals surface area contributed by atoms with Gasteiger partial charge >= 0.3 is 0 Å². The molecule has 0 heterocycles. The molecule has 0 aliphatic heterocycles. The van der Waals surface area contributed by atoms with Gasteiger partial charge in [0.1, 0.15) is 6.35 Å². The highest BCUT2D eigenvalue weighted by Crippen LogP contribution is 2.28. The van der Waals surface area contributed by atoms with Gasteiger partial charge in [0.05, 0.1) is 6.61 Å². The Hall–Kier alpha value is 0.270. The van der Waals surface area contributed by atoms with E-state index >= 15 is 0 Å². The van der Waals surface area contributed by atoms with Gasteiger partial charge in [-0.3, -0.25) is 0 Å². The average molecular weight is 379 g/mol. The van der Waals surface area contributed by atoms with Gasteiger partial charge in [0.15, 0.2) is 8.38 Å². The molecule has 0 amide bonds. The molecule has 25 heavy (non-hydrogen) atoms. The number of unbranched alkanes of at least 4 members (excludes halogenated alkanes) is 13. The van der Waals surface area contributed by atoms with Crippen molar-refractivity contribution in [2.45, 2.75) is 103 Å². The van der Waals surface area contributed by atoms with Crippen molar-refractivity contribution < 1.29 is 19.3 Å². The highest BCUT2D eigenvalue weighted by molar-refractivity contribution is 7.45. The molecule has 2 N–H and O–H groups in total. The van der Waals surface area contributed by atoms with Crippen LogP contribution >= 0.6 is 8.38 Å². The molecule has 1 atom stereocenters. The highest BCUT2D eigenvalue weighted by Gasteiger charge is 2.01. The molecule has 0 bridgehead atoms.